The van der Waals surface area contributed by atoms with Crippen LogP contribution in [-0.4, -0.2) is 54.7 Å². The van der Waals surface area contributed by atoms with Crippen molar-refractivity contribution in [3.8, 4) is 0 Å². The molecule has 0 saturated carbocycles. The standard InChI is InChI=1S/C15H29O7P/c1-7-8-18-14-12(6)21-13(15(14)20-10(2)3)9-19-23(16,17)22-11(4)5/h7,10-15H,1,8-9H2,2-6H3,(H,16,17)/t12-,13+,14+,15?/m0/s1. The Morgan fingerprint density at radius 1 is 1.26 bits per heavy atom. The van der Waals surface area contributed by atoms with E-state index < -0.39 is 26.1 Å². The Balaban J connectivity index is 2.71. The van der Waals surface area contributed by atoms with Crippen LogP contribution < -0.4 is 0 Å². The third-order valence-electron chi connectivity index (χ3n) is 3.12. The van der Waals surface area contributed by atoms with Gasteiger partial charge in [0.2, 0.25) is 0 Å². The van der Waals surface area contributed by atoms with Gasteiger partial charge in [0.05, 0.1) is 31.5 Å². The van der Waals surface area contributed by atoms with Gasteiger partial charge in [0, 0.05) is 0 Å². The molecule has 136 valence electrons. The number of hydrogen-bond donors (Lipinski definition) is 1. The molecule has 1 rings (SSSR count). The zero-order valence-electron chi connectivity index (χ0n) is 14.5. The van der Waals surface area contributed by atoms with Gasteiger partial charge in [-0.25, -0.2) is 4.57 Å². The molecule has 23 heavy (non-hydrogen) atoms. The number of rotatable bonds is 10. The topological polar surface area (TPSA) is 83.5 Å². The van der Waals surface area contributed by atoms with Crippen molar-refractivity contribution in [1.82, 2.24) is 0 Å². The van der Waals surface area contributed by atoms with Crippen LogP contribution in [-0.2, 0) is 27.8 Å². The molecule has 1 heterocycles. The van der Waals surface area contributed by atoms with Gasteiger partial charge in [-0.1, -0.05) is 6.08 Å². The van der Waals surface area contributed by atoms with Crippen molar-refractivity contribution in [3.63, 3.8) is 0 Å². The van der Waals surface area contributed by atoms with E-state index in [1.807, 2.05) is 20.8 Å². The first-order valence-corrected chi connectivity index (χ1v) is 9.35. The van der Waals surface area contributed by atoms with Crippen molar-refractivity contribution >= 4 is 7.82 Å². The van der Waals surface area contributed by atoms with E-state index in [1.165, 1.54) is 0 Å². The molecule has 7 nitrogen and oxygen atoms in total. The fourth-order valence-electron chi connectivity index (χ4n) is 2.40. The number of phosphoric acid groups is 1. The highest BCUT2D eigenvalue weighted by molar-refractivity contribution is 7.47. The summed E-state index contributed by atoms with van der Waals surface area (Å²) in [5, 5.41) is 0. The Bertz CT molecular complexity index is 413. The van der Waals surface area contributed by atoms with Crippen LogP contribution in [0.2, 0.25) is 0 Å². The van der Waals surface area contributed by atoms with Crippen LogP contribution in [0.3, 0.4) is 0 Å². The Labute approximate surface area is 138 Å². The molecule has 1 fully saturated rings. The first kappa shape index (κ1) is 20.8. The van der Waals surface area contributed by atoms with E-state index in [9.17, 15) is 9.46 Å². The van der Waals surface area contributed by atoms with Gasteiger partial charge in [-0.15, -0.1) is 6.58 Å². The fourth-order valence-corrected chi connectivity index (χ4v) is 3.33. The molecule has 0 aromatic heterocycles. The van der Waals surface area contributed by atoms with E-state index >= 15 is 0 Å². The van der Waals surface area contributed by atoms with E-state index in [4.69, 9.17) is 23.3 Å². The predicted octanol–water partition coefficient (Wildman–Crippen LogP) is 2.68. The summed E-state index contributed by atoms with van der Waals surface area (Å²) in [6.45, 7) is 12.9. The monoisotopic (exact) mass is 352 g/mol. The van der Waals surface area contributed by atoms with Crippen molar-refractivity contribution in [2.45, 2.75) is 71.2 Å². The van der Waals surface area contributed by atoms with Crippen molar-refractivity contribution in [1.29, 1.82) is 0 Å². The number of ether oxygens (including phenoxy) is 3. The van der Waals surface area contributed by atoms with E-state index in [0.717, 1.165) is 0 Å². The van der Waals surface area contributed by atoms with Gasteiger partial charge in [-0.05, 0) is 34.6 Å². The summed E-state index contributed by atoms with van der Waals surface area (Å²) in [6.07, 6.45) is -0.242. The molecule has 1 aliphatic rings. The van der Waals surface area contributed by atoms with Gasteiger partial charge in [0.25, 0.3) is 0 Å². The first-order chi connectivity index (χ1) is 10.7. The van der Waals surface area contributed by atoms with Crippen LogP contribution in [0.25, 0.3) is 0 Å². The van der Waals surface area contributed by atoms with Crippen LogP contribution in [0.4, 0.5) is 0 Å². The third-order valence-corrected chi connectivity index (χ3v) is 4.29. The van der Waals surface area contributed by atoms with E-state index in [1.54, 1.807) is 19.9 Å². The van der Waals surface area contributed by atoms with E-state index in [0.29, 0.717) is 6.61 Å². The molecule has 1 saturated heterocycles. The van der Waals surface area contributed by atoms with E-state index in [-0.39, 0.29) is 24.9 Å². The SMILES string of the molecule is C=CCO[C@H]1C(OC(C)C)[C@@H](COP(=O)(O)OC(C)C)O[C@H]1C. The molecule has 0 radical (unpaired) electrons. The lowest BCUT2D eigenvalue weighted by molar-refractivity contribution is -0.0891. The summed E-state index contributed by atoms with van der Waals surface area (Å²) in [4.78, 5) is 9.66. The van der Waals surface area contributed by atoms with Crippen LogP contribution in [0.1, 0.15) is 34.6 Å². The van der Waals surface area contributed by atoms with Gasteiger partial charge < -0.3 is 19.1 Å². The molecule has 2 unspecified atom stereocenters. The lowest BCUT2D eigenvalue weighted by atomic mass is 10.1. The van der Waals surface area contributed by atoms with Crippen molar-refractivity contribution in [3.05, 3.63) is 12.7 Å². The molecule has 0 aromatic carbocycles. The minimum absolute atomic E-state index is 0.0425. The Morgan fingerprint density at radius 2 is 1.91 bits per heavy atom. The van der Waals surface area contributed by atoms with Gasteiger partial charge in [-0.3, -0.25) is 9.05 Å². The van der Waals surface area contributed by atoms with Crippen LogP contribution in [0, 0.1) is 0 Å². The summed E-state index contributed by atoms with van der Waals surface area (Å²) < 4.78 is 39.1. The van der Waals surface area contributed by atoms with Crippen molar-refractivity contribution in [2.24, 2.45) is 0 Å². The second-order valence-electron chi connectivity index (χ2n) is 6.03. The second-order valence-corrected chi connectivity index (χ2v) is 7.44. The second kappa shape index (κ2) is 9.28. The molecule has 0 amide bonds. The van der Waals surface area contributed by atoms with Crippen molar-refractivity contribution < 1.29 is 32.7 Å². The number of phosphoric ester groups is 1. The predicted molar refractivity (Wildman–Crippen MR) is 86.3 cm³/mol. The largest absolute Gasteiger partial charge is 0.472 e. The summed E-state index contributed by atoms with van der Waals surface area (Å²) in [6, 6.07) is 0. The van der Waals surface area contributed by atoms with Crippen LogP contribution in [0.5, 0.6) is 0 Å². The lowest BCUT2D eigenvalue weighted by Gasteiger charge is -2.26. The Kier molecular flexibility index (Phi) is 8.38. The normalized spacial score (nSPS) is 30.8. The molecule has 0 aromatic rings. The molecule has 1 aliphatic heterocycles. The smallest absolute Gasteiger partial charge is 0.370 e. The fraction of sp³-hybridized carbons (Fsp3) is 0.867. The average molecular weight is 352 g/mol. The minimum Gasteiger partial charge on any atom is -0.370 e. The third kappa shape index (κ3) is 7.01. The summed E-state index contributed by atoms with van der Waals surface area (Å²) in [7, 11) is -4.12. The van der Waals surface area contributed by atoms with Gasteiger partial charge in [0.15, 0.2) is 0 Å². The van der Waals surface area contributed by atoms with Crippen molar-refractivity contribution in [2.75, 3.05) is 13.2 Å². The summed E-state index contributed by atoms with van der Waals surface area (Å²) in [5.41, 5.74) is 0. The van der Waals surface area contributed by atoms with Crippen LogP contribution >= 0.6 is 7.82 Å². The molecule has 1 N–H and O–H groups in total. The Morgan fingerprint density at radius 3 is 2.43 bits per heavy atom. The highest BCUT2D eigenvalue weighted by Crippen LogP contribution is 2.45. The highest BCUT2D eigenvalue weighted by Gasteiger charge is 2.45. The Hall–Kier alpha value is -0.270. The maximum atomic E-state index is 11.8. The molecular formula is C15H29O7P. The summed E-state index contributed by atoms with van der Waals surface area (Å²) >= 11 is 0. The molecule has 5 atom stereocenters. The molecule has 8 heteroatoms. The van der Waals surface area contributed by atoms with Gasteiger partial charge >= 0.3 is 7.82 Å². The molecule has 0 aliphatic carbocycles. The quantitative estimate of drug-likeness (QED) is 0.478. The van der Waals surface area contributed by atoms with Gasteiger partial charge in [0.1, 0.15) is 18.3 Å². The summed E-state index contributed by atoms with van der Waals surface area (Å²) in [5.74, 6) is 0. The first-order valence-electron chi connectivity index (χ1n) is 7.85. The number of hydrogen-bond acceptors (Lipinski definition) is 6. The average Bonchev–Trinajstić information content (AvgIpc) is 2.68. The van der Waals surface area contributed by atoms with Gasteiger partial charge in [-0.2, -0.15) is 0 Å². The van der Waals surface area contributed by atoms with E-state index in [2.05, 4.69) is 6.58 Å². The highest BCUT2D eigenvalue weighted by atomic mass is 31.2. The maximum Gasteiger partial charge on any atom is 0.472 e. The molecule has 0 spiro atoms. The maximum absolute atomic E-state index is 11.8. The lowest BCUT2D eigenvalue weighted by Crippen LogP contribution is -2.40. The minimum atomic E-state index is -4.12. The zero-order chi connectivity index (χ0) is 17.6. The van der Waals surface area contributed by atoms with Crippen LogP contribution in [0.15, 0.2) is 12.7 Å². The zero-order valence-corrected chi connectivity index (χ0v) is 15.4. The molecule has 0 bridgehead atoms. The molecular weight excluding hydrogens is 323 g/mol.